The number of hydrogen-bond donors (Lipinski definition) is 1. The Labute approximate surface area is 150 Å². The highest BCUT2D eigenvalue weighted by atomic mass is 32.2. The summed E-state index contributed by atoms with van der Waals surface area (Å²) in [6.07, 6.45) is 5.52. The predicted molar refractivity (Wildman–Crippen MR) is 98.1 cm³/mol. The lowest BCUT2D eigenvalue weighted by atomic mass is 9.91. The Morgan fingerprint density at radius 3 is 2.68 bits per heavy atom. The number of amides is 1. The Morgan fingerprint density at radius 2 is 2.04 bits per heavy atom. The van der Waals surface area contributed by atoms with Gasteiger partial charge in [0, 0.05) is 26.1 Å². The van der Waals surface area contributed by atoms with E-state index in [9.17, 15) is 13.2 Å². The first-order chi connectivity index (χ1) is 11.9. The Bertz CT molecular complexity index is 658. The van der Waals surface area contributed by atoms with Gasteiger partial charge in [0.1, 0.15) is 5.75 Å². The summed E-state index contributed by atoms with van der Waals surface area (Å²) >= 11 is 0. The largest absolute Gasteiger partial charge is 0.497 e. The molecule has 1 aromatic carbocycles. The van der Waals surface area contributed by atoms with Crippen molar-refractivity contribution in [2.24, 2.45) is 5.92 Å². The van der Waals surface area contributed by atoms with E-state index in [2.05, 4.69) is 16.9 Å². The molecule has 0 spiro atoms. The molecule has 140 valence electrons. The molecule has 0 radical (unpaired) electrons. The monoisotopic (exact) mass is 368 g/mol. The minimum Gasteiger partial charge on any atom is -0.497 e. The first kappa shape index (κ1) is 19.7. The van der Waals surface area contributed by atoms with Gasteiger partial charge in [-0.3, -0.25) is 4.79 Å². The van der Waals surface area contributed by atoms with Crippen LogP contribution in [-0.2, 0) is 21.2 Å². The number of carbonyl (C=O) groups is 1. The summed E-state index contributed by atoms with van der Waals surface area (Å²) < 4.78 is 29.7. The first-order valence-corrected chi connectivity index (χ1v) is 10.6. The van der Waals surface area contributed by atoms with Crippen LogP contribution in [-0.4, -0.2) is 52.2 Å². The van der Waals surface area contributed by atoms with Gasteiger partial charge in [0.25, 0.3) is 0 Å². The molecule has 1 aromatic rings. The number of rotatable bonds is 8. The molecular formula is C18H28N2O4S. The molecular weight excluding hydrogens is 340 g/mol. The molecule has 7 heteroatoms. The number of hydrogen-bond acceptors (Lipinski definition) is 4. The van der Waals surface area contributed by atoms with Crippen LogP contribution < -0.4 is 9.46 Å². The van der Waals surface area contributed by atoms with E-state index in [1.165, 1.54) is 5.56 Å². The van der Waals surface area contributed by atoms with Crippen LogP contribution in [0.2, 0.25) is 0 Å². The van der Waals surface area contributed by atoms with Gasteiger partial charge in [0.2, 0.25) is 15.9 Å². The van der Waals surface area contributed by atoms with Gasteiger partial charge < -0.3 is 9.64 Å². The maximum absolute atomic E-state index is 12.3. The molecule has 1 amide bonds. The topological polar surface area (TPSA) is 75.7 Å². The molecule has 1 aliphatic heterocycles. The maximum atomic E-state index is 12.3. The molecule has 1 fully saturated rings. The molecule has 0 unspecified atom stereocenters. The summed E-state index contributed by atoms with van der Waals surface area (Å²) in [5, 5.41) is 0. The van der Waals surface area contributed by atoms with Gasteiger partial charge in [0.15, 0.2) is 0 Å². The normalized spacial score (nSPS) is 18.2. The Morgan fingerprint density at radius 1 is 1.32 bits per heavy atom. The highest BCUT2D eigenvalue weighted by Crippen LogP contribution is 2.22. The molecule has 25 heavy (non-hydrogen) atoms. The van der Waals surface area contributed by atoms with Crippen LogP contribution in [0.25, 0.3) is 0 Å². The van der Waals surface area contributed by atoms with Crippen LogP contribution in [0, 0.1) is 5.92 Å². The lowest BCUT2D eigenvalue weighted by molar-refractivity contribution is -0.132. The van der Waals surface area contributed by atoms with Gasteiger partial charge in [-0.2, -0.15) is 0 Å². The van der Waals surface area contributed by atoms with Gasteiger partial charge in [-0.1, -0.05) is 12.1 Å². The fourth-order valence-corrected chi connectivity index (χ4v) is 3.66. The number of benzene rings is 1. The van der Waals surface area contributed by atoms with Crippen LogP contribution in [0.3, 0.4) is 0 Å². The minimum atomic E-state index is -3.24. The molecule has 1 atom stereocenters. The van der Waals surface area contributed by atoms with Crippen molar-refractivity contribution in [1.29, 1.82) is 0 Å². The van der Waals surface area contributed by atoms with Gasteiger partial charge in [-0.25, -0.2) is 13.1 Å². The quantitative estimate of drug-likeness (QED) is 0.759. The van der Waals surface area contributed by atoms with Gasteiger partial charge in [0.05, 0.1) is 13.4 Å². The molecule has 0 bridgehead atoms. The van der Waals surface area contributed by atoms with Crippen molar-refractivity contribution < 1.29 is 17.9 Å². The zero-order valence-corrected chi connectivity index (χ0v) is 15.8. The number of aryl methyl sites for hydroxylation is 1. The van der Waals surface area contributed by atoms with E-state index in [1.807, 2.05) is 17.0 Å². The average molecular weight is 368 g/mol. The number of methoxy groups -OCH3 is 1. The number of sulfonamides is 1. The van der Waals surface area contributed by atoms with Crippen molar-refractivity contribution >= 4 is 15.9 Å². The second kappa shape index (κ2) is 9.20. The molecule has 0 saturated carbocycles. The number of nitrogens with one attached hydrogen (secondary N) is 1. The smallest absolute Gasteiger partial charge is 0.223 e. The molecule has 1 saturated heterocycles. The summed E-state index contributed by atoms with van der Waals surface area (Å²) in [5.74, 6) is 1.40. The van der Waals surface area contributed by atoms with Crippen molar-refractivity contribution in [3.63, 3.8) is 0 Å². The van der Waals surface area contributed by atoms with Crippen LogP contribution in [0.15, 0.2) is 24.3 Å². The summed E-state index contributed by atoms with van der Waals surface area (Å²) in [7, 11) is -1.57. The number of piperidine rings is 1. The third-order valence-corrected chi connectivity index (χ3v) is 5.30. The van der Waals surface area contributed by atoms with Crippen LogP contribution in [0.5, 0.6) is 5.75 Å². The summed E-state index contributed by atoms with van der Waals surface area (Å²) in [6.45, 7) is 1.72. The minimum absolute atomic E-state index is 0.0327. The standard InChI is InChI=1S/C18H28N2O4S/c1-24-17-9-7-15(8-10-17)5-6-16-4-3-13-20(14-16)18(21)11-12-19-25(2,22)23/h7-10,16,19H,3-6,11-14H2,1-2H3/t16-/m1/s1. The highest BCUT2D eigenvalue weighted by Gasteiger charge is 2.23. The van der Waals surface area contributed by atoms with Crippen LogP contribution >= 0.6 is 0 Å². The molecule has 1 N–H and O–H groups in total. The maximum Gasteiger partial charge on any atom is 0.223 e. The van der Waals surface area contributed by atoms with E-state index in [1.54, 1.807) is 7.11 Å². The fourth-order valence-electron chi connectivity index (χ4n) is 3.19. The number of carbonyl (C=O) groups excluding carboxylic acids is 1. The molecule has 6 nitrogen and oxygen atoms in total. The Kier molecular flexibility index (Phi) is 7.25. The zero-order valence-electron chi connectivity index (χ0n) is 15.0. The van der Waals surface area contributed by atoms with Crippen LogP contribution in [0.1, 0.15) is 31.2 Å². The van der Waals surface area contributed by atoms with Gasteiger partial charge >= 0.3 is 0 Å². The first-order valence-electron chi connectivity index (χ1n) is 8.73. The summed E-state index contributed by atoms with van der Waals surface area (Å²) in [4.78, 5) is 14.1. The van der Waals surface area contributed by atoms with E-state index in [-0.39, 0.29) is 18.9 Å². The van der Waals surface area contributed by atoms with Crippen molar-refractivity contribution in [1.82, 2.24) is 9.62 Å². The third kappa shape index (κ3) is 7.04. The molecule has 0 aliphatic carbocycles. The van der Waals surface area contributed by atoms with E-state index in [0.29, 0.717) is 5.92 Å². The molecule has 0 aromatic heterocycles. The van der Waals surface area contributed by atoms with Crippen LogP contribution in [0.4, 0.5) is 0 Å². The van der Waals surface area contributed by atoms with Gasteiger partial charge in [-0.15, -0.1) is 0 Å². The SMILES string of the molecule is COc1ccc(CC[C@H]2CCCN(C(=O)CCNS(C)(=O)=O)C2)cc1. The second-order valence-corrected chi connectivity index (χ2v) is 8.48. The second-order valence-electron chi connectivity index (χ2n) is 6.65. The van der Waals surface area contributed by atoms with Crippen molar-refractivity contribution in [3.05, 3.63) is 29.8 Å². The predicted octanol–water partition coefficient (Wildman–Crippen LogP) is 1.81. The summed E-state index contributed by atoms with van der Waals surface area (Å²) in [6, 6.07) is 8.12. The van der Waals surface area contributed by atoms with E-state index in [0.717, 1.165) is 50.8 Å². The average Bonchev–Trinajstić information content (AvgIpc) is 2.59. The highest BCUT2D eigenvalue weighted by molar-refractivity contribution is 7.88. The molecule has 1 aliphatic rings. The van der Waals surface area contributed by atoms with Crippen molar-refractivity contribution in [2.45, 2.75) is 32.1 Å². The number of ether oxygens (including phenoxy) is 1. The van der Waals surface area contributed by atoms with E-state index in [4.69, 9.17) is 4.74 Å². The van der Waals surface area contributed by atoms with Crippen molar-refractivity contribution in [2.75, 3.05) is 33.0 Å². The Hall–Kier alpha value is -1.60. The van der Waals surface area contributed by atoms with Crippen molar-refractivity contribution in [3.8, 4) is 5.75 Å². The number of nitrogens with zero attached hydrogens (tertiary/aromatic N) is 1. The Balaban J connectivity index is 1.76. The number of likely N-dealkylation sites (tertiary alicyclic amines) is 1. The zero-order chi connectivity index (χ0) is 18.3. The van der Waals surface area contributed by atoms with E-state index >= 15 is 0 Å². The molecule has 1 heterocycles. The lowest BCUT2D eigenvalue weighted by Gasteiger charge is -2.33. The molecule has 2 rings (SSSR count). The van der Waals surface area contributed by atoms with Gasteiger partial charge in [-0.05, 0) is 49.3 Å². The third-order valence-electron chi connectivity index (χ3n) is 4.58. The summed E-state index contributed by atoms with van der Waals surface area (Å²) in [5.41, 5.74) is 1.28. The lowest BCUT2D eigenvalue weighted by Crippen LogP contribution is -2.41. The fraction of sp³-hybridized carbons (Fsp3) is 0.611. The van der Waals surface area contributed by atoms with E-state index < -0.39 is 10.0 Å².